The minimum absolute atomic E-state index is 0.0442. The Hall–Kier alpha value is -10.6. The summed E-state index contributed by atoms with van der Waals surface area (Å²) < 4.78 is -0.136. The Balaban J connectivity index is 0.769. The molecule has 0 bridgehead atoms. The van der Waals surface area contributed by atoms with Gasteiger partial charge in [0.1, 0.15) is 10.1 Å². The SMILES string of the molecule is CC1(C)CSC(c2cncc(-c3ccc4c(c3)C3(c5ccccc5-c5cc(-c6cc(-c7ccc(C8=NC(C)(C)C(C)(C)S8)nc7)cc7c6-c6ccc8cc(-c9ccc(C%10=NC(C)(C)C(C)(C)S%10)nc9)ccc8c6C76c7ccccc7-c7ccccc76)ccc53)c3c-4ccc4cc(-c5cncc(C6=NC(C)(C)CS6)c5)ccc34)c2)=N1. The van der Waals surface area contributed by atoms with Crippen LogP contribution in [0.5, 0.6) is 0 Å². The summed E-state index contributed by atoms with van der Waals surface area (Å²) in [4.78, 5) is 41.1. The smallest absolute Gasteiger partial charge is 0.117 e. The molecule has 4 aliphatic heterocycles. The standard InChI is InChI=1S/C102H82N8S4/c1-95(2)55-111-91(107-95)68-43-66(49-103-51-68)58-26-34-70-60(42-58)28-36-76-75-35-27-59(67-44-69(52-104-50-67)92-108-96(3,4)56-112-92)47-84(75)101(89(70)76)82-24-18-15-21-74(82)79-45-62(30-38-83(79)101)78-46-65(64-32-40-87(106-54-64)94-110-98(7,8)100(11,12)114-94)48-85-88(78)77-37-29-61-41-57(63-31-39-86(105-53-63)93-109-97(5,6)99(9,10)113-93)25-33-71(61)90(77)102(85)80-22-16-13-19-72(80)73-20-14-17-23-81(73)102/h13-54H,55-56H2,1-12H3. The molecule has 554 valence electrons. The fraction of sp³-hybridized carbons (Fsp3) is 0.216. The normalized spacial score (nSPS) is 19.6. The van der Waals surface area contributed by atoms with Crippen molar-refractivity contribution in [1.29, 1.82) is 0 Å². The highest BCUT2D eigenvalue weighted by Crippen LogP contribution is 2.69. The second-order valence-electron chi connectivity index (χ2n) is 35.5. The van der Waals surface area contributed by atoms with Crippen molar-refractivity contribution in [1.82, 2.24) is 19.9 Å². The van der Waals surface area contributed by atoms with Gasteiger partial charge in [-0.25, -0.2) is 0 Å². The maximum Gasteiger partial charge on any atom is 0.117 e. The molecule has 8 aliphatic rings. The largest absolute Gasteiger partial charge is 0.271 e. The highest BCUT2D eigenvalue weighted by atomic mass is 32.2. The van der Waals surface area contributed by atoms with Gasteiger partial charge in [-0.2, -0.15) is 0 Å². The van der Waals surface area contributed by atoms with Gasteiger partial charge < -0.3 is 0 Å². The topological polar surface area (TPSA) is 101 Å². The molecule has 12 heteroatoms. The second-order valence-corrected chi connectivity index (χ2v) is 40.6. The minimum Gasteiger partial charge on any atom is -0.271 e. The van der Waals surface area contributed by atoms with Crippen LogP contribution in [0.2, 0.25) is 0 Å². The first kappa shape index (κ1) is 70.1. The van der Waals surface area contributed by atoms with Crippen molar-refractivity contribution in [3.05, 3.63) is 323 Å². The molecular weight excluding hydrogens is 1470 g/mol. The molecule has 0 amide bonds. The lowest BCUT2D eigenvalue weighted by molar-refractivity contribution is 0.426. The Labute approximate surface area is 683 Å². The van der Waals surface area contributed by atoms with Gasteiger partial charge in [0.25, 0.3) is 0 Å². The Morgan fingerprint density at radius 3 is 1.19 bits per heavy atom. The predicted octanol–water partition coefficient (Wildman–Crippen LogP) is 25.2. The van der Waals surface area contributed by atoms with E-state index in [0.29, 0.717) is 0 Å². The second kappa shape index (κ2) is 24.5. The predicted molar refractivity (Wildman–Crippen MR) is 483 cm³/mol. The zero-order valence-electron chi connectivity index (χ0n) is 65.9. The van der Waals surface area contributed by atoms with E-state index < -0.39 is 10.8 Å². The van der Waals surface area contributed by atoms with Crippen LogP contribution in [0.3, 0.4) is 0 Å². The molecule has 10 aromatic carbocycles. The number of aromatic nitrogens is 4. The molecule has 1 unspecified atom stereocenters. The number of hydrogen-bond donors (Lipinski definition) is 0. The third kappa shape index (κ3) is 10.2. The van der Waals surface area contributed by atoms with Crippen LogP contribution in [0.15, 0.2) is 276 Å². The molecule has 2 spiro atoms. The van der Waals surface area contributed by atoms with Gasteiger partial charge >= 0.3 is 0 Å². The summed E-state index contributed by atoms with van der Waals surface area (Å²) in [5.74, 6) is 1.88. The number of hydrogen-bond acceptors (Lipinski definition) is 12. The Morgan fingerprint density at radius 1 is 0.272 bits per heavy atom. The Bertz CT molecular complexity index is 6710. The first-order valence-electron chi connectivity index (χ1n) is 39.7. The number of aliphatic imine (C=N–C) groups is 4. The molecule has 0 fully saturated rings. The van der Waals surface area contributed by atoms with Crippen molar-refractivity contribution in [2.24, 2.45) is 20.0 Å². The third-order valence-corrected chi connectivity index (χ3v) is 32.1. The van der Waals surface area contributed by atoms with Crippen LogP contribution in [-0.4, -0.2) is 83.3 Å². The minimum atomic E-state index is -0.746. The molecule has 4 aliphatic carbocycles. The summed E-state index contributed by atoms with van der Waals surface area (Å²) in [5.41, 5.74) is 32.8. The molecule has 8 heterocycles. The van der Waals surface area contributed by atoms with E-state index in [4.69, 9.17) is 39.9 Å². The van der Waals surface area contributed by atoms with Gasteiger partial charge in [-0.1, -0.05) is 181 Å². The number of rotatable bonds is 9. The van der Waals surface area contributed by atoms with Gasteiger partial charge in [0.15, 0.2) is 0 Å². The lowest BCUT2D eigenvalue weighted by Crippen LogP contribution is -2.36. The van der Waals surface area contributed by atoms with E-state index in [0.717, 1.165) is 104 Å². The molecule has 0 N–H and O–H groups in total. The highest BCUT2D eigenvalue weighted by Gasteiger charge is 2.56. The number of nitrogens with zero attached hydrogens (tertiary/aromatic N) is 8. The van der Waals surface area contributed by atoms with Crippen LogP contribution in [0.4, 0.5) is 0 Å². The molecule has 114 heavy (non-hydrogen) atoms. The fourth-order valence-corrected chi connectivity index (χ4v) is 24.1. The first-order chi connectivity index (χ1) is 54.8. The van der Waals surface area contributed by atoms with E-state index in [1.54, 1.807) is 0 Å². The van der Waals surface area contributed by atoms with Crippen molar-refractivity contribution in [2.75, 3.05) is 11.5 Å². The van der Waals surface area contributed by atoms with Crippen molar-refractivity contribution in [3.8, 4) is 100 Å². The van der Waals surface area contributed by atoms with Crippen LogP contribution >= 0.6 is 47.0 Å². The summed E-state index contributed by atoms with van der Waals surface area (Å²) in [5, 5.41) is 8.86. The number of benzene rings is 10. The molecule has 0 saturated heterocycles. The number of thioether (sulfide) groups is 4. The molecule has 0 saturated carbocycles. The van der Waals surface area contributed by atoms with Gasteiger partial charge in [0.05, 0.1) is 54.5 Å². The van der Waals surface area contributed by atoms with Crippen molar-refractivity contribution < 1.29 is 0 Å². The van der Waals surface area contributed by atoms with Gasteiger partial charge in [0, 0.05) is 91.6 Å². The van der Waals surface area contributed by atoms with E-state index in [2.05, 4.69) is 308 Å². The van der Waals surface area contributed by atoms with Crippen LogP contribution in [0.25, 0.3) is 122 Å². The lowest BCUT2D eigenvalue weighted by Gasteiger charge is -2.32. The first-order valence-corrected chi connectivity index (χ1v) is 43.3. The van der Waals surface area contributed by atoms with Crippen LogP contribution in [-0.2, 0) is 10.8 Å². The summed E-state index contributed by atoms with van der Waals surface area (Å²) >= 11 is 7.28. The van der Waals surface area contributed by atoms with Crippen LogP contribution < -0.4 is 0 Å². The molecule has 22 rings (SSSR count). The van der Waals surface area contributed by atoms with E-state index >= 15 is 0 Å². The maximum atomic E-state index is 5.36. The number of fused-ring (bicyclic) bond motifs is 24. The van der Waals surface area contributed by atoms with E-state index in [1.807, 2.05) is 78.0 Å². The summed E-state index contributed by atoms with van der Waals surface area (Å²) in [7, 11) is 0. The number of pyridine rings is 4. The summed E-state index contributed by atoms with van der Waals surface area (Å²) in [6.45, 7) is 26.9. The molecule has 0 radical (unpaired) electrons. The molecule has 1 atom stereocenters. The fourth-order valence-electron chi connectivity index (χ4n) is 19.3. The zero-order chi connectivity index (χ0) is 77.5. The quantitative estimate of drug-likeness (QED) is 0.141. The van der Waals surface area contributed by atoms with Crippen molar-refractivity contribution >= 4 is 88.8 Å². The van der Waals surface area contributed by atoms with Crippen molar-refractivity contribution in [3.63, 3.8) is 0 Å². The van der Waals surface area contributed by atoms with E-state index in [1.165, 1.54) is 116 Å². The van der Waals surface area contributed by atoms with Gasteiger partial charge in [-0.05, 0) is 288 Å². The van der Waals surface area contributed by atoms with E-state index in [9.17, 15) is 0 Å². The maximum absolute atomic E-state index is 5.36. The van der Waals surface area contributed by atoms with Gasteiger partial charge in [-0.15, -0.1) is 23.5 Å². The summed E-state index contributed by atoms with van der Waals surface area (Å²) in [6, 6.07) is 84.8. The average molecular weight is 1550 g/mol. The molecule has 14 aromatic rings. The lowest BCUT2D eigenvalue weighted by atomic mass is 9.68. The molecular formula is C102H82N8S4. The monoisotopic (exact) mass is 1550 g/mol. The van der Waals surface area contributed by atoms with Gasteiger partial charge in [0.2, 0.25) is 0 Å². The van der Waals surface area contributed by atoms with Crippen molar-refractivity contribution in [2.45, 2.75) is 126 Å². The van der Waals surface area contributed by atoms with Crippen LogP contribution in [0, 0.1) is 0 Å². The highest BCUT2D eigenvalue weighted by molar-refractivity contribution is 8.16. The summed E-state index contributed by atoms with van der Waals surface area (Å²) in [6.07, 6.45) is 12.1. The molecule has 4 aromatic heterocycles. The van der Waals surface area contributed by atoms with Crippen LogP contribution in [0.1, 0.15) is 150 Å². The average Bonchev–Trinajstić information content (AvgIpc) is 1.50. The molecule has 8 nitrogen and oxygen atoms in total. The Kier molecular flexibility index (Phi) is 15.0. The Morgan fingerprint density at radius 2 is 0.684 bits per heavy atom. The zero-order valence-corrected chi connectivity index (χ0v) is 69.1. The third-order valence-electron chi connectivity index (χ3n) is 26.2. The van der Waals surface area contributed by atoms with Gasteiger partial charge in [-0.3, -0.25) is 39.9 Å². The van der Waals surface area contributed by atoms with E-state index in [-0.39, 0.29) is 31.6 Å².